The summed E-state index contributed by atoms with van der Waals surface area (Å²) >= 11 is 0. The molecule has 1 N–H and O–H groups in total. The molecule has 0 radical (unpaired) electrons. The number of nitrogens with one attached hydrogen (secondary N) is 1. The minimum Gasteiger partial charge on any atom is -0.449 e. The monoisotopic (exact) mass is 315 g/mol. The van der Waals surface area contributed by atoms with Gasteiger partial charge in [0.1, 0.15) is 0 Å². The van der Waals surface area contributed by atoms with E-state index in [0.717, 1.165) is 24.8 Å². The number of hydrogen-bond acceptors (Lipinski definition) is 3. The lowest BCUT2D eigenvalue weighted by atomic mass is 9.86. The maximum Gasteiger partial charge on any atom is 0.331 e. The van der Waals surface area contributed by atoms with Crippen LogP contribution in [0, 0.1) is 5.92 Å². The SMILES string of the molecule is C[C@@H]1CCCC[C@H]1NC(=O)[C@@H](C)OC(=O)/C=C/c1ccccc1. The van der Waals surface area contributed by atoms with Gasteiger partial charge in [0, 0.05) is 12.1 Å². The van der Waals surface area contributed by atoms with E-state index in [1.54, 1.807) is 13.0 Å². The molecule has 1 saturated carbocycles. The molecule has 124 valence electrons. The highest BCUT2D eigenvalue weighted by Gasteiger charge is 2.25. The van der Waals surface area contributed by atoms with Crippen LogP contribution in [-0.4, -0.2) is 24.0 Å². The molecule has 4 heteroatoms. The summed E-state index contributed by atoms with van der Waals surface area (Å²) in [6.07, 6.45) is 6.75. The Bertz CT molecular complexity index is 553. The Labute approximate surface area is 137 Å². The van der Waals surface area contributed by atoms with Gasteiger partial charge in [-0.2, -0.15) is 0 Å². The van der Waals surface area contributed by atoms with Crippen molar-refractivity contribution in [1.82, 2.24) is 5.32 Å². The zero-order chi connectivity index (χ0) is 16.7. The van der Waals surface area contributed by atoms with Crippen LogP contribution in [0.4, 0.5) is 0 Å². The highest BCUT2D eigenvalue weighted by Crippen LogP contribution is 2.23. The Morgan fingerprint density at radius 2 is 1.91 bits per heavy atom. The third kappa shape index (κ3) is 5.55. The molecule has 0 aromatic heterocycles. The van der Waals surface area contributed by atoms with Gasteiger partial charge in [-0.1, -0.05) is 50.1 Å². The third-order valence-corrected chi connectivity index (χ3v) is 4.31. The van der Waals surface area contributed by atoms with Crippen LogP contribution in [0.2, 0.25) is 0 Å². The predicted molar refractivity (Wildman–Crippen MR) is 90.6 cm³/mol. The van der Waals surface area contributed by atoms with Crippen molar-refractivity contribution in [1.29, 1.82) is 0 Å². The van der Waals surface area contributed by atoms with Crippen LogP contribution in [0.5, 0.6) is 0 Å². The van der Waals surface area contributed by atoms with E-state index < -0.39 is 12.1 Å². The maximum absolute atomic E-state index is 12.2. The molecule has 1 aliphatic carbocycles. The largest absolute Gasteiger partial charge is 0.449 e. The number of carbonyl (C=O) groups excluding carboxylic acids is 2. The van der Waals surface area contributed by atoms with E-state index in [-0.39, 0.29) is 11.9 Å². The molecule has 0 unspecified atom stereocenters. The highest BCUT2D eigenvalue weighted by atomic mass is 16.5. The number of amides is 1. The van der Waals surface area contributed by atoms with Gasteiger partial charge < -0.3 is 10.1 Å². The summed E-state index contributed by atoms with van der Waals surface area (Å²) in [7, 11) is 0. The number of rotatable bonds is 5. The summed E-state index contributed by atoms with van der Waals surface area (Å²) in [5.74, 6) is -0.244. The van der Waals surface area contributed by atoms with Gasteiger partial charge >= 0.3 is 5.97 Å². The lowest BCUT2D eigenvalue weighted by Gasteiger charge is -2.30. The second kappa shape index (κ2) is 8.51. The fraction of sp³-hybridized carbons (Fsp3) is 0.474. The van der Waals surface area contributed by atoms with Gasteiger partial charge in [0.2, 0.25) is 0 Å². The second-order valence-corrected chi connectivity index (χ2v) is 6.20. The topological polar surface area (TPSA) is 55.4 Å². The van der Waals surface area contributed by atoms with Crippen molar-refractivity contribution in [2.24, 2.45) is 5.92 Å². The molecule has 23 heavy (non-hydrogen) atoms. The van der Waals surface area contributed by atoms with Crippen molar-refractivity contribution < 1.29 is 14.3 Å². The highest BCUT2D eigenvalue weighted by molar-refractivity contribution is 5.90. The van der Waals surface area contributed by atoms with Gasteiger partial charge in [-0.25, -0.2) is 4.79 Å². The quantitative estimate of drug-likeness (QED) is 0.670. The number of benzene rings is 1. The van der Waals surface area contributed by atoms with Crippen LogP contribution in [0.3, 0.4) is 0 Å². The van der Waals surface area contributed by atoms with Gasteiger partial charge in [-0.3, -0.25) is 4.79 Å². The molecule has 1 amide bonds. The molecule has 2 rings (SSSR count). The van der Waals surface area contributed by atoms with Crippen LogP contribution < -0.4 is 5.32 Å². The Morgan fingerprint density at radius 3 is 2.61 bits per heavy atom. The van der Waals surface area contributed by atoms with Crippen LogP contribution in [0.25, 0.3) is 6.08 Å². The number of hydrogen-bond donors (Lipinski definition) is 1. The molecule has 1 aromatic carbocycles. The van der Waals surface area contributed by atoms with Crippen molar-refractivity contribution in [2.45, 2.75) is 51.7 Å². The molecule has 4 nitrogen and oxygen atoms in total. The Hall–Kier alpha value is -2.10. The fourth-order valence-electron chi connectivity index (χ4n) is 2.83. The van der Waals surface area contributed by atoms with E-state index in [9.17, 15) is 9.59 Å². The summed E-state index contributed by atoms with van der Waals surface area (Å²) in [5, 5.41) is 3.01. The van der Waals surface area contributed by atoms with E-state index in [1.165, 1.54) is 12.5 Å². The lowest BCUT2D eigenvalue weighted by Crippen LogP contribution is -2.45. The van der Waals surface area contributed by atoms with Crippen molar-refractivity contribution in [3.8, 4) is 0 Å². The molecular weight excluding hydrogens is 290 g/mol. The van der Waals surface area contributed by atoms with E-state index >= 15 is 0 Å². The second-order valence-electron chi connectivity index (χ2n) is 6.20. The third-order valence-electron chi connectivity index (χ3n) is 4.31. The molecule has 1 aromatic rings. The van der Waals surface area contributed by atoms with Crippen LogP contribution >= 0.6 is 0 Å². The maximum atomic E-state index is 12.2. The molecule has 3 atom stereocenters. The van der Waals surface area contributed by atoms with Crippen LogP contribution in [0.1, 0.15) is 45.1 Å². The first kappa shape index (κ1) is 17.3. The predicted octanol–water partition coefficient (Wildman–Crippen LogP) is 3.33. The van der Waals surface area contributed by atoms with Crippen molar-refractivity contribution >= 4 is 18.0 Å². The van der Waals surface area contributed by atoms with Gasteiger partial charge in [-0.05, 0) is 37.3 Å². The van der Waals surface area contributed by atoms with Gasteiger partial charge in [0.25, 0.3) is 5.91 Å². The summed E-state index contributed by atoms with van der Waals surface area (Å²) in [6, 6.07) is 9.68. The van der Waals surface area contributed by atoms with Gasteiger partial charge in [0.15, 0.2) is 6.10 Å². The normalized spacial score (nSPS) is 22.5. The number of ether oxygens (including phenoxy) is 1. The standard InChI is InChI=1S/C19H25NO3/c1-14-8-6-7-11-17(14)20-19(22)15(2)23-18(21)13-12-16-9-4-3-5-10-16/h3-5,9-10,12-15,17H,6-8,11H2,1-2H3,(H,20,22)/b13-12+/t14-,15-,17-/m1/s1. The summed E-state index contributed by atoms with van der Waals surface area (Å²) in [4.78, 5) is 24.0. The molecular formula is C19H25NO3. The zero-order valence-electron chi connectivity index (χ0n) is 13.8. The van der Waals surface area contributed by atoms with E-state index in [2.05, 4.69) is 12.2 Å². The minimum atomic E-state index is -0.781. The summed E-state index contributed by atoms with van der Waals surface area (Å²) in [6.45, 7) is 3.76. The van der Waals surface area contributed by atoms with Crippen molar-refractivity contribution in [2.75, 3.05) is 0 Å². The van der Waals surface area contributed by atoms with Gasteiger partial charge in [0.05, 0.1) is 0 Å². The first-order chi connectivity index (χ1) is 11.1. The summed E-state index contributed by atoms with van der Waals surface area (Å²) in [5.41, 5.74) is 0.914. The minimum absolute atomic E-state index is 0.192. The fourth-order valence-corrected chi connectivity index (χ4v) is 2.83. The average molecular weight is 315 g/mol. The molecule has 0 saturated heterocycles. The first-order valence-corrected chi connectivity index (χ1v) is 8.30. The first-order valence-electron chi connectivity index (χ1n) is 8.30. The lowest BCUT2D eigenvalue weighted by molar-refractivity contribution is -0.150. The smallest absolute Gasteiger partial charge is 0.331 e. The number of esters is 1. The van der Waals surface area contributed by atoms with E-state index in [4.69, 9.17) is 4.74 Å². The Balaban J connectivity index is 1.80. The molecule has 1 fully saturated rings. The molecule has 0 heterocycles. The Kier molecular flexibility index (Phi) is 6.39. The molecule has 1 aliphatic rings. The van der Waals surface area contributed by atoms with Crippen molar-refractivity contribution in [3.05, 3.63) is 42.0 Å². The summed E-state index contributed by atoms with van der Waals surface area (Å²) < 4.78 is 5.17. The van der Waals surface area contributed by atoms with Gasteiger partial charge in [-0.15, -0.1) is 0 Å². The molecule has 0 bridgehead atoms. The number of carbonyl (C=O) groups is 2. The van der Waals surface area contributed by atoms with E-state index in [0.29, 0.717) is 5.92 Å². The average Bonchev–Trinajstić information content (AvgIpc) is 2.56. The molecule has 0 spiro atoms. The van der Waals surface area contributed by atoms with Crippen LogP contribution in [-0.2, 0) is 14.3 Å². The Morgan fingerprint density at radius 1 is 1.22 bits per heavy atom. The van der Waals surface area contributed by atoms with E-state index in [1.807, 2.05) is 30.3 Å². The zero-order valence-corrected chi connectivity index (χ0v) is 13.8. The van der Waals surface area contributed by atoms with Crippen molar-refractivity contribution in [3.63, 3.8) is 0 Å². The van der Waals surface area contributed by atoms with Crippen LogP contribution in [0.15, 0.2) is 36.4 Å². The molecule has 0 aliphatic heterocycles.